The van der Waals surface area contributed by atoms with Crippen LogP contribution in [0.4, 0.5) is 0 Å². The lowest BCUT2D eigenvalue weighted by Crippen LogP contribution is -2.24. The second-order valence-electron chi connectivity index (χ2n) is 7.23. The molecule has 3 N–H and O–H groups in total. The van der Waals surface area contributed by atoms with Crippen molar-refractivity contribution < 1.29 is 29.6 Å². The van der Waals surface area contributed by atoms with Crippen LogP contribution in [-0.4, -0.2) is 45.4 Å². The Hall–Kier alpha value is -1.66. The molecule has 1 aliphatic heterocycles. The number of Topliss-reactive ketones (excluding diaryl/α,β-unsaturated/α-hetero) is 1. The molecule has 1 saturated carbocycles. The maximum absolute atomic E-state index is 12.6. The monoisotopic (exact) mass is 366 g/mol. The van der Waals surface area contributed by atoms with E-state index in [0.29, 0.717) is 31.4 Å². The molecule has 146 valence electrons. The zero-order chi connectivity index (χ0) is 19.1. The molecular formula is C20H30O6. The summed E-state index contributed by atoms with van der Waals surface area (Å²) in [5.41, 5.74) is 0. The largest absolute Gasteiger partial charge is 0.486 e. The summed E-state index contributed by atoms with van der Waals surface area (Å²) < 4.78 is 5.70. The van der Waals surface area contributed by atoms with Gasteiger partial charge in [-0.1, -0.05) is 38.3 Å². The molecule has 0 spiro atoms. The topological polar surface area (TPSA) is 104 Å². The molecule has 1 aliphatic carbocycles. The molecule has 6 nitrogen and oxygen atoms in total. The first-order valence-electron chi connectivity index (χ1n) is 9.61. The van der Waals surface area contributed by atoms with Crippen molar-refractivity contribution >= 4 is 11.8 Å². The minimum absolute atomic E-state index is 0.0603. The van der Waals surface area contributed by atoms with Crippen LogP contribution in [0.2, 0.25) is 0 Å². The van der Waals surface area contributed by atoms with E-state index in [1.807, 2.05) is 0 Å². The lowest BCUT2D eigenvalue weighted by atomic mass is 9.89. The van der Waals surface area contributed by atoms with E-state index in [4.69, 9.17) is 9.84 Å². The van der Waals surface area contributed by atoms with E-state index >= 15 is 0 Å². The van der Waals surface area contributed by atoms with Crippen molar-refractivity contribution in [1.82, 2.24) is 0 Å². The third-order valence-electron chi connectivity index (χ3n) is 5.14. The second-order valence-corrected chi connectivity index (χ2v) is 7.23. The molecule has 6 heteroatoms. The minimum Gasteiger partial charge on any atom is -0.486 e. The van der Waals surface area contributed by atoms with Gasteiger partial charge in [0.1, 0.15) is 6.10 Å². The number of unbranched alkanes of at least 4 members (excludes halogenated alkanes) is 3. The average Bonchev–Trinajstić information content (AvgIpc) is 3.05. The van der Waals surface area contributed by atoms with Gasteiger partial charge in [0.15, 0.2) is 5.76 Å². The Morgan fingerprint density at radius 2 is 2.12 bits per heavy atom. The van der Waals surface area contributed by atoms with Crippen molar-refractivity contribution in [2.45, 2.75) is 76.6 Å². The standard InChI is InChI=1S/C20H30O6/c1-2-3-4-7-13(21)10-11-14-15(22)12-17-19(14)20(25)16(26-17)8-5-6-9-18(23)24/h8,10-11,13-15,17,19,21-22H,2-7,9,12H2,1H3,(H,23,24)/t13-,14-,15+,17-,19+/m0/s1. The number of ether oxygens (including phenoxy) is 1. The van der Waals surface area contributed by atoms with Crippen LogP contribution in [-0.2, 0) is 14.3 Å². The van der Waals surface area contributed by atoms with E-state index in [1.54, 1.807) is 18.2 Å². The number of hydrogen-bond donors (Lipinski definition) is 3. The summed E-state index contributed by atoms with van der Waals surface area (Å²) in [5.74, 6) is -1.46. The third-order valence-corrected chi connectivity index (χ3v) is 5.14. The smallest absolute Gasteiger partial charge is 0.303 e. The van der Waals surface area contributed by atoms with Crippen LogP contribution in [0, 0.1) is 11.8 Å². The molecule has 5 atom stereocenters. The van der Waals surface area contributed by atoms with Crippen LogP contribution in [0.15, 0.2) is 24.0 Å². The number of carbonyl (C=O) groups is 2. The van der Waals surface area contributed by atoms with Crippen LogP contribution < -0.4 is 0 Å². The number of aliphatic hydroxyl groups excluding tert-OH is 2. The zero-order valence-corrected chi connectivity index (χ0v) is 15.3. The Morgan fingerprint density at radius 1 is 1.35 bits per heavy atom. The second kappa shape index (κ2) is 9.88. The number of rotatable bonds is 10. The van der Waals surface area contributed by atoms with E-state index in [0.717, 1.165) is 19.3 Å². The van der Waals surface area contributed by atoms with Crippen molar-refractivity contribution in [3.63, 3.8) is 0 Å². The Labute approximate surface area is 154 Å². The van der Waals surface area contributed by atoms with E-state index in [-0.39, 0.29) is 24.2 Å². The molecule has 0 aromatic carbocycles. The number of fused-ring (bicyclic) bond motifs is 1. The number of hydrogen-bond acceptors (Lipinski definition) is 5. The highest BCUT2D eigenvalue weighted by Gasteiger charge is 2.52. The molecule has 2 aliphatic rings. The van der Waals surface area contributed by atoms with Gasteiger partial charge >= 0.3 is 5.97 Å². The van der Waals surface area contributed by atoms with Gasteiger partial charge in [0.05, 0.1) is 18.1 Å². The summed E-state index contributed by atoms with van der Waals surface area (Å²) in [6.07, 6.45) is 8.76. The molecule has 0 aromatic heterocycles. The van der Waals surface area contributed by atoms with Crippen molar-refractivity contribution in [2.75, 3.05) is 0 Å². The summed E-state index contributed by atoms with van der Waals surface area (Å²) >= 11 is 0. The third kappa shape index (κ3) is 5.42. The molecule has 0 unspecified atom stereocenters. The van der Waals surface area contributed by atoms with Crippen LogP contribution in [0.5, 0.6) is 0 Å². The number of carboxylic acids is 1. The summed E-state index contributed by atoms with van der Waals surface area (Å²) in [7, 11) is 0. The van der Waals surface area contributed by atoms with Gasteiger partial charge in [-0.25, -0.2) is 0 Å². The quantitative estimate of drug-likeness (QED) is 0.312. The highest BCUT2D eigenvalue weighted by Crippen LogP contribution is 2.43. The maximum Gasteiger partial charge on any atom is 0.303 e. The molecule has 2 rings (SSSR count). The molecule has 0 radical (unpaired) electrons. The first kappa shape index (κ1) is 20.6. The predicted molar refractivity (Wildman–Crippen MR) is 96.3 cm³/mol. The lowest BCUT2D eigenvalue weighted by Gasteiger charge is -2.15. The van der Waals surface area contributed by atoms with Crippen molar-refractivity contribution in [2.24, 2.45) is 11.8 Å². The fraction of sp³-hybridized carbons (Fsp3) is 0.700. The molecular weight excluding hydrogens is 336 g/mol. The highest BCUT2D eigenvalue weighted by molar-refractivity contribution is 5.98. The number of ketones is 1. The normalized spacial score (nSPS) is 30.7. The SMILES string of the molecule is CCCCC[C@H](O)C=C[C@@H]1[C@H]2C(=O)C(=CCCCC(=O)O)O[C@H]2C[C@H]1O. The van der Waals surface area contributed by atoms with Crippen LogP contribution >= 0.6 is 0 Å². The summed E-state index contributed by atoms with van der Waals surface area (Å²) in [6, 6.07) is 0. The van der Waals surface area contributed by atoms with Gasteiger partial charge in [-0.2, -0.15) is 0 Å². The van der Waals surface area contributed by atoms with Crippen LogP contribution in [0.3, 0.4) is 0 Å². The number of carboxylic acid groups (broad SMARTS) is 1. The van der Waals surface area contributed by atoms with E-state index in [9.17, 15) is 19.8 Å². The highest BCUT2D eigenvalue weighted by atomic mass is 16.5. The molecule has 0 amide bonds. The summed E-state index contributed by atoms with van der Waals surface area (Å²) in [4.78, 5) is 23.1. The predicted octanol–water partition coefficient (Wildman–Crippen LogP) is 2.59. The van der Waals surface area contributed by atoms with Crippen molar-refractivity contribution in [3.05, 3.63) is 24.0 Å². The Morgan fingerprint density at radius 3 is 2.81 bits per heavy atom. The van der Waals surface area contributed by atoms with Gasteiger partial charge in [-0.05, 0) is 25.3 Å². The van der Waals surface area contributed by atoms with Gasteiger partial charge in [-0.15, -0.1) is 0 Å². The number of aliphatic hydroxyl groups is 2. The fourth-order valence-corrected chi connectivity index (χ4v) is 3.72. The lowest BCUT2D eigenvalue weighted by molar-refractivity contribution is -0.137. The number of carbonyl (C=O) groups excluding carboxylic acids is 1. The molecule has 1 heterocycles. The Bertz CT molecular complexity index is 553. The summed E-state index contributed by atoms with van der Waals surface area (Å²) in [5, 5.41) is 28.9. The molecule has 0 bridgehead atoms. The van der Waals surface area contributed by atoms with Gasteiger partial charge in [-0.3, -0.25) is 9.59 Å². The molecule has 2 fully saturated rings. The van der Waals surface area contributed by atoms with Gasteiger partial charge in [0.2, 0.25) is 5.78 Å². The maximum atomic E-state index is 12.6. The number of allylic oxidation sites excluding steroid dienone is 2. The Balaban J connectivity index is 1.93. The number of aliphatic carboxylic acids is 1. The Kier molecular flexibility index (Phi) is 7.85. The fourth-order valence-electron chi connectivity index (χ4n) is 3.72. The van der Waals surface area contributed by atoms with Gasteiger partial charge < -0.3 is 20.1 Å². The van der Waals surface area contributed by atoms with E-state index in [2.05, 4.69) is 6.92 Å². The zero-order valence-electron chi connectivity index (χ0n) is 15.3. The van der Waals surface area contributed by atoms with Gasteiger partial charge in [0.25, 0.3) is 0 Å². The summed E-state index contributed by atoms with van der Waals surface area (Å²) in [6.45, 7) is 2.11. The van der Waals surface area contributed by atoms with Crippen molar-refractivity contribution in [1.29, 1.82) is 0 Å². The van der Waals surface area contributed by atoms with E-state index < -0.39 is 24.1 Å². The molecule has 0 aromatic rings. The first-order chi connectivity index (χ1) is 12.4. The molecule has 26 heavy (non-hydrogen) atoms. The van der Waals surface area contributed by atoms with Crippen molar-refractivity contribution in [3.8, 4) is 0 Å². The minimum atomic E-state index is -0.857. The van der Waals surface area contributed by atoms with E-state index in [1.165, 1.54) is 0 Å². The van der Waals surface area contributed by atoms with Crippen LogP contribution in [0.1, 0.15) is 58.3 Å². The first-order valence-corrected chi connectivity index (χ1v) is 9.61. The van der Waals surface area contributed by atoms with Gasteiger partial charge in [0, 0.05) is 18.8 Å². The average molecular weight is 366 g/mol. The molecule has 1 saturated heterocycles. The van der Waals surface area contributed by atoms with Crippen LogP contribution in [0.25, 0.3) is 0 Å².